The molecule has 0 spiro atoms. The van der Waals surface area contributed by atoms with E-state index in [0.717, 1.165) is 5.56 Å². The fourth-order valence-corrected chi connectivity index (χ4v) is 3.13. The molecule has 1 aromatic carbocycles. The van der Waals surface area contributed by atoms with E-state index in [9.17, 15) is 9.59 Å². The maximum atomic E-state index is 12.4. The Kier molecular flexibility index (Phi) is 6.75. The van der Waals surface area contributed by atoms with E-state index in [-0.39, 0.29) is 22.4 Å². The van der Waals surface area contributed by atoms with E-state index < -0.39 is 0 Å². The van der Waals surface area contributed by atoms with Crippen molar-refractivity contribution in [3.63, 3.8) is 0 Å². The number of amides is 1. The van der Waals surface area contributed by atoms with Crippen molar-refractivity contribution < 1.29 is 14.3 Å². The molecule has 0 aromatic heterocycles. The van der Waals surface area contributed by atoms with Gasteiger partial charge in [0.25, 0.3) is 0 Å². The molecule has 0 bridgehead atoms. The van der Waals surface area contributed by atoms with Gasteiger partial charge in [0.05, 0.1) is 12.4 Å². The predicted octanol–water partition coefficient (Wildman–Crippen LogP) is 2.64. The number of ether oxygens (including phenoxy) is 1. The molecule has 5 heteroatoms. The summed E-state index contributed by atoms with van der Waals surface area (Å²) >= 11 is 1.32. The number of nitrogens with zero attached hydrogens (tertiary/aromatic N) is 1. The maximum absolute atomic E-state index is 12.4. The minimum Gasteiger partial charge on any atom is -0.468 e. The number of hydrogen-bond donors (Lipinski definition) is 0. The summed E-state index contributed by atoms with van der Waals surface area (Å²) in [6.07, 6.45) is 0. The van der Waals surface area contributed by atoms with Crippen LogP contribution in [0.5, 0.6) is 0 Å². The van der Waals surface area contributed by atoms with E-state index in [1.165, 1.54) is 24.4 Å². The Morgan fingerprint density at radius 1 is 1.24 bits per heavy atom. The van der Waals surface area contributed by atoms with Gasteiger partial charge in [0.2, 0.25) is 5.91 Å². The van der Waals surface area contributed by atoms with Gasteiger partial charge in [-0.3, -0.25) is 9.59 Å². The zero-order valence-electron chi connectivity index (χ0n) is 13.3. The normalized spacial score (nSPS) is 13.4. The molecule has 2 atom stereocenters. The molecule has 0 saturated heterocycles. The highest BCUT2D eigenvalue weighted by Gasteiger charge is 2.24. The lowest BCUT2D eigenvalue weighted by Gasteiger charge is -2.23. The number of esters is 1. The predicted molar refractivity (Wildman–Crippen MR) is 86.2 cm³/mol. The second-order valence-corrected chi connectivity index (χ2v) is 6.75. The Bertz CT molecular complexity index is 504. The molecular formula is C16H23NO3S. The van der Waals surface area contributed by atoms with E-state index in [2.05, 4.69) is 4.74 Å². The molecule has 2 unspecified atom stereocenters. The summed E-state index contributed by atoms with van der Waals surface area (Å²) in [4.78, 5) is 25.5. The summed E-state index contributed by atoms with van der Waals surface area (Å²) in [5.74, 6) is -0.291. The lowest BCUT2D eigenvalue weighted by Crippen LogP contribution is -2.34. The van der Waals surface area contributed by atoms with Crippen molar-refractivity contribution in [2.24, 2.45) is 0 Å². The van der Waals surface area contributed by atoms with E-state index in [1.54, 1.807) is 18.9 Å². The van der Waals surface area contributed by atoms with Gasteiger partial charge in [0, 0.05) is 13.6 Å². The first-order valence-corrected chi connectivity index (χ1v) is 7.83. The second-order valence-electron chi connectivity index (χ2n) is 5.06. The number of methoxy groups -OCH3 is 1. The first-order chi connectivity index (χ1) is 9.86. The van der Waals surface area contributed by atoms with Crippen LogP contribution in [-0.4, -0.2) is 41.4 Å². The SMILES string of the molecule is COC(=O)C(C)SC(C)C(=O)N(C)Cc1ccccc1C. The van der Waals surface area contributed by atoms with Crippen LogP contribution in [0.4, 0.5) is 0 Å². The molecule has 116 valence electrons. The van der Waals surface area contributed by atoms with Crippen LogP contribution in [0.15, 0.2) is 24.3 Å². The van der Waals surface area contributed by atoms with Crippen LogP contribution in [-0.2, 0) is 20.9 Å². The van der Waals surface area contributed by atoms with Crippen molar-refractivity contribution in [1.29, 1.82) is 0 Å². The lowest BCUT2D eigenvalue weighted by molar-refractivity contribution is -0.139. The zero-order valence-corrected chi connectivity index (χ0v) is 14.1. The van der Waals surface area contributed by atoms with Gasteiger partial charge in [-0.05, 0) is 31.9 Å². The van der Waals surface area contributed by atoms with Gasteiger partial charge in [0.15, 0.2) is 0 Å². The maximum Gasteiger partial charge on any atom is 0.318 e. The highest BCUT2D eigenvalue weighted by Crippen LogP contribution is 2.21. The van der Waals surface area contributed by atoms with Gasteiger partial charge in [-0.2, -0.15) is 0 Å². The van der Waals surface area contributed by atoms with Gasteiger partial charge in [-0.15, -0.1) is 11.8 Å². The fraction of sp³-hybridized carbons (Fsp3) is 0.500. The highest BCUT2D eigenvalue weighted by molar-refractivity contribution is 8.01. The van der Waals surface area contributed by atoms with Crippen molar-refractivity contribution in [2.75, 3.05) is 14.2 Å². The zero-order chi connectivity index (χ0) is 16.0. The Morgan fingerprint density at radius 2 is 1.86 bits per heavy atom. The molecule has 21 heavy (non-hydrogen) atoms. The Morgan fingerprint density at radius 3 is 2.43 bits per heavy atom. The molecule has 0 aliphatic rings. The van der Waals surface area contributed by atoms with Gasteiger partial charge in [0.1, 0.15) is 5.25 Å². The highest BCUT2D eigenvalue weighted by atomic mass is 32.2. The summed E-state index contributed by atoms with van der Waals surface area (Å²) in [6, 6.07) is 8.01. The number of carbonyl (C=O) groups excluding carboxylic acids is 2. The largest absolute Gasteiger partial charge is 0.468 e. The van der Waals surface area contributed by atoms with Crippen LogP contribution in [0.25, 0.3) is 0 Å². The molecule has 1 aromatic rings. The van der Waals surface area contributed by atoms with E-state index >= 15 is 0 Å². The minimum atomic E-state index is -0.346. The minimum absolute atomic E-state index is 0.0130. The van der Waals surface area contributed by atoms with E-state index in [4.69, 9.17) is 0 Å². The topological polar surface area (TPSA) is 46.6 Å². The quantitative estimate of drug-likeness (QED) is 0.758. The molecule has 0 radical (unpaired) electrons. The molecule has 0 heterocycles. The number of aryl methyl sites for hydroxylation is 1. The Balaban J connectivity index is 2.61. The van der Waals surface area contributed by atoms with Gasteiger partial charge in [-0.25, -0.2) is 0 Å². The Labute approximate surface area is 130 Å². The van der Waals surface area contributed by atoms with Gasteiger partial charge < -0.3 is 9.64 Å². The number of carbonyl (C=O) groups is 2. The molecule has 1 amide bonds. The van der Waals surface area contributed by atoms with Crippen molar-refractivity contribution in [3.05, 3.63) is 35.4 Å². The average molecular weight is 309 g/mol. The van der Waals surface area contributed by atoms with Crippen LogP contribution >= 0.6 is 11.8 Å². The van der Waals surface area contributed by atoms with Crippen molar-refractivity contribution in [2.45, 2.75) is 37.8 Å². The fourth-order valence-electron chi connectivity index (χ4n) is 2.02. The first-order valence-electron chi connectivity index (χ1n) is 6.89. The molecule has 0 aliphatic carbocycles. The molecule has 0 N–H and O–H groups in total. The van der Waals surface area contributed by atoms with Crippen LogP contribution in [0.1, 0.15) is 25.0 Å². The number of thioether (sulfide) groups is 1. The smallest absolute Gasteiger partial charge is 0.318 e. The molecule has 0 fully saturated rings. The van der Waals surface area contributed by atoms with Crippen LogP contribution in [0, 0.1) is 6.92 Å². The number of hydrogen-bond acceptors (Lipinski definition) is 4. The summed E-state index contributed by atoms with van der Waals surface area (Å²) in [5, 5.41) is -0.631. The molecule has 0 aliphatic heterocycles. The van der Waals surface area contributed by atoms with Crippen LogP contribution in [0.2, 0.25) is 0 Å². The van der Waals surface area contributed by atoms with E-state index in [0.29, 0.717) is 6.54 Å². The summed E-state index contributed by atoms with van der Waals surface area (Å²) in [5.41, 5.74) is 2.30. The molecular weight excluding hydrogens is 286 g/mol. The molecule has 0 saturated carbocycles. The van der Waals surface area contributed by atoms with Crippen molar-refractivity contribution in [1.82, 2.24) is 4.90 Å². The lowest BCUT2D eigenvalue weighted by atomic mass is 10.1. The van der Waals surface area contributed by atoms with E-state index in [1.807, 2.05) is 38.1 Å². The number of rotatable bonds is 6. The van der Waals surface area contributed by atoms with Gasteiger partial charge in [-0.1, -0.05) is 24.3 Å². The summed E-state index contributed by atoms with van der Waals surface area (Å²) in [6.45, 7) is 6.18. The third-order valence-corrected chi connectivity index (χ3v) is 4.54. The van der Waals surface area contributed by atoms with Crippen LogP contribution < -0.4 is 0 Å². The third kappa shape index (κ3) is 5.08. The number of benzene rings is 1. The van der Waals surface area contributed by atoms with Crippen molar-refractivity contribution in [3.8, 4) is 0 Å². The second kappa shape index (κ2) is 8.08. The van der Waals surface area contributed by atoms with Crippen LogP contribution in [0.3, 0.4) is 0 Å². The molecule has 1 rings (SSSR count). The monoisotopic (exact) mass is 309 g/mol. The van der Waals surface area contributed by atoms with Gasteiger partial charge >= 0.3 is 5.97 Å². The molecule has 4 nitrogen and oxygen atoms in total. The standard InChI is InChI=1S/C16H23NO3S/c1-11-8-6-7-9-14(11)10-17(4)15(18)12(2)21-13(3)16(19)20-5/h6-9,12-13H,10H2,1-5H3. The van der Waals surface area contributed by atoms with Crippen molar-refractivity contribution >= 4 is 23.6 Å². The Hall–Kier alpha value is -1.49. The summed E-state index contributed by atoms with van der Waals surface area (Å²) < 4.78 is 4.68. The first kappa shape index (κ1) is 17.6. The third-order valence-electron chi connectivity index (χ3n) is 3.33. The average Bonchev–Trinajstić information content (AvgIpc) is 2.47. The summed E-state index contributed by atoms with van der Waals surface area (Å²) in [7, 11) is 3.14.